The van der Waals surface area contributed by atoms with E-state index >= 15 is 0 Å². The average molecular weight is 166 g/mol. The normalized spacial score (nSPS) is 19.7. The molecule has 0 N–H and O–H groups in total. The fourth-order valence-electron chi connectivity index (χ4n) is 1.49. The molecule has 1 atom stereocenters. The molecular formula is C10H18N2. The van der Waals surface area contributed by atoms with Crippen molar-refractivity contribution in [3.8, 4) is 6.07 Å². The monoisotopic (exact) mass is 166 g/mol. The Morgan fingerprint density at radius 2 is 2.00 bits per heavy atom. The Bertz CT molecular complexity index is 177. The Labute approximate surface area is 75.2 Å². The van der Waals surface area contributed by atoms with Crippen molar-refractivity contribution in [1.82, 2.24) is 4.90 Å². The van der Waals surface area contributed by atoms with Crippen LogP contribution in [-0.4, -0.2) is 23.5 Å². The van der Waals surface area contributed by atoms with Crippen LogP contribution in [0, 0.1) is 17.2 Å². The third-order valence-corrected chi connectivity index (χ3v) is 2.51. The van der Waals surface area contributed by atoms with Crippen LogP contribution in [0.1, 0.15) is 33.6 Å². The summed E-state index contributed by atoms with van der Waals surface area (Å²) in [6.45, 7) is 7.43. The minimum atomic E-state index is 0.0746. The fraction of sp³-hybridized carbons (Fsp3) is 0.900. The highest BCUT2D eigenvalue weighted by Gasteiger charge is 2.27. The molecule has 0 amide bonds. The maximum Gasteiger partial charge on any atom is 0.0951 e. The number of hydrogen-bond donors (Lipinski definition) is 0. The first kappa shape index (κ1) is 9.54. The highest BCUT2D eigenvalue weighted by atomic mass is 15.2. The van der Waals surface area contributed by atoms with Gasteiger partial charge in [-0.2, -0.15) is 5.26 Å². The van der Waals surface area contributed by atoms with Crippen molar-refractivity contribution >= 4 is 0 Å². The molecule has 0 aromatic carbocycles. The number of nitrogens with zero attached hydrogens (tertiary/aromatic N) is 2. The zero-order valence-corrected chi connectivity index (χ0v) is 8.25. The van der Waals surface area contributed by atoms with Crippen molar-refractivity contribution in [3.05, 3.63) is 0 Å². The quantitative estimate of drug-likeness (QED) is 0.639. The van der Waals surface area contributed by atoms with E-state index in [2.05, 4.69) is 24.8 Å². The first-order valence-corrected chi connectivity index (χ1v) is 4.80. The molecule has 1 rings (SSSR count). The summed E-state index contributed by atoms with van der Waals surface area (Å²) in [7, 11) is 0. The molecule has 1 fully saturated rings. The lowest BCUT2D eigenvalue weighted by atomic mass is 10.2. The Morgan fingerprint density at radius 1 is 1.42 bits per heavy atom. The van der Waals surface area contributed by atoms with E-state index in [0.29, 0.717) is 6.04 Å². The fourth-order valence-corrected chi connectivity index (χ4v) is 1.49. The molecule has 1 aliphatic rings. The molecule has 0 aromatic heterocycles. The van der Waals surface area contributed by atoms with Crippen molar-refractivity contribution in [2.75, 3.05) is 6.54 Å². The van der Waals surface area contributed by atoms with Crippen LogP contribution < -0.4 is 0 Å². The maximum atomic E-state index is 8.80. The van der Waals surface area contributed by atoms with Gasteiger partial charge in [0.15, 0.2) is 0 Å². The highest BCUT2D eigenvalue weighted by molar-refractivity contribution is 4.91. The molecule has 1 aliphatic carbocycles. The molecule has 2 heteroatoms. The van der Waals surface area contributed by atoms with Gasteiger partial charge in [-0.1, -0.05) is 0 Å². The maximum absolute atomic E-state index is 8.80. The minimum absolute atomic E-state index is 0.0746. The van der Waals surface area contributed by atoms with Crippen molar-refractivity contribution in [2.24, 2.45) is 5.92 Å². The summed E-state index contributed by atoms with van der Waals surface area (Å²) in [6.07, 6.45) is 2.72. The molecule has 0 aliphatic heterocycles. The van der Waals surface area contributed by atoms with E-state index in [4.69, 9.17) is 5.26 Å². The van der Waals surface area contributed by atoms with Crippen molar-refractivity contribution in [1.29, 1.82) is 5.26 Å². The lowest BCUT2D eigenvalue weighted by Crippen LogP contribution is -2.39. The van der Waals surface area contributed by atoms with Gasteiger partial charge in [0.1, 0.15) is 0 Å². The zero-order chi connectivity index (χ0) is 9.14. The third kappa shape index (κ3) is 2.49. The van der Waals surface area contributed by atoms with Crippen LogP contribution in [0.25, 0.3) is 0 Å². The van der Waals surface area contributed by atoms with E-state index in [0.717, 1.165) is 12.5 Å². The van der Waals surface area contributed by atoms with E-state index < -0.39 is 0 Å². The average Bonchev–Trinajstić information content (AvgIpc) is 2.81. The summed E-state index contributed by atoms with van der Waals surface area (Å²) >= 11 is 0. The minimum Gasteiger partial charge on any atom is -0.286 e. The van der Waals surface area contributed by atoms with Crippen LogP contribution in [-0.2, 0) is 0 Å². The number of nitriles is 1. The Morgan fingerprint density at radius 3 is 2.33 bits per heavy atom. The summed E-state index contributed by atoms with van der Waals surface area (Å²) in [6, 6.07) is 2.88. The summed E-state index contributed by atoms with van der Waals surface area (Å²) in [5.74, 6) is 0.878. The number of hydrogen-bond acceptors (Lipinski definition) is 2. The van der Waals surface area contributed by atoms with Gasteiger partial charge in [-0.15, -0.1) is 0 Å². The Hall–Kier alpha value is -0.550. The Kier molecular flexibility index (Phi) is 3.11. The summed E-state index contributed by atoms with van der Waals surface area (Å²) in [4.78, 5) is 2.29. The summed E-state index contributed by atoms with van der Waals surface area (Å²) < 4.78 is 0. The number of rotatable bonds is 4. The molecule has 0 radical (unpaired) electrons. The molecule has 68 valence electrons. The second-order valence-electron chi connectivity index (χ2n) is 4.04. The van der Waals surface area contributed by atoms with E-state index in [-0.39, 0.29) is 6.04 Å². The first-order chi connectivity index (χ1) is 5.65. The van der Waals surface area contributed by atoms with Gasteiger partial charge in [-0.05, 0) is 39.5 Å². The van der Waals surface area contributed by atoms with E-state index in [1.165, 1.54) is 12.8 Å². The molecule has 2 nitrogen and oxygen atoms in total. The molecule has 1 saturated carbocycles. The third-order valence-electron chi connectivity index (χ3n) is 2.51. The lowest BCUT2D eigenvalue weighted by molar-refractivity contribution is 0.187. The van der Waals surface area contributed by atoms with Gasteiger partial charge >= 0.3 is 0 Å². The van der Waals surface area contributed by atoms with Crippen LogP contribution >= 0.6 is 0 Å². The molecule has 0 spiro atoms. The van der Waals surface area contributed by atoms with Crippen LogP contribution in [0.15, 0.2) is 0 Å². The Balaban J connectivity index is 2.42. The summed E-state index contributed by atoms with van der Waals surface area (Å²) in [5, 5.41) is 8.80. The lowest BCUT2D eigenvalue weighted by Gasteiger charge is -2.28. The van der Waals surface area contributed by atoms with Crippen molar-refractivity contribution in [3.63, 3.8) is 0 Å². The molecule has 0 aromatic rings. The largest absolute Gasteiger partial charge is 0.286 e. The van der Waals surface area contributed by atoms with Gasteiger partial charge in [0.25, 0.3) is 0 Å². The van der Waals surface area contributed by atoms with Crippen LogP contribution in [0.3, 0.4) is 0 Å². The van der Waals surface area contributed by atoms with Gasteiger partial charge in [0.05, 0.1) is 12.1 Å². The van der Waals surface area contributed by atoms with E-state index in [9.17, 15) is 0 Å². The first-order valence-electron chi connectivity index (χ1n) is 4.80. The van der Waals surface area contributed by atoms with Crippen LogP contribution in [0.2, 0.25) is 0 Å². The molecule has 0 bridgehead atoms. The van der Waals surface area contributed by atoms with Gasteiger partial charge in [-0.25, -0.2) is 0 Å². The van der Waals surface area contributed by atoms with E-state index in [1.807, 2.05) is 6.92 Å². The smallest absolute Gasteiger partial charge is 0.0951 e. The van der Waals surface area contributed by atoms with Gasteiger partial charge < -0.3 is 0 Å². The van der Waals surface area contributed by atoms with Crippen LogP contribution in [0.4, 0.5) is 0 Å². The predicted molar refractivity (Wildman–Crippen MR) is 49.6 cm³/mol. The SMILES string of the molecule is CC(C)N(CC1CC1)C(C)C#N. The standard InChI is InChI=1S/C10H18N2/c1-8(2)12(9(3)6-11)7-10-4-5-10/h8-10H,4-5,7H2,1-3H3. The van der Waals surface area contributed by atoms with Crippen LogP contribution in [0.5, 0.6) is 0 Å². The molecule has 0 heterocycles. The topological polar surface area (TPSA) is 27.0 Å². The zero-order valence-electron chi connectivity index (χ0n) is 8.25. The molecule has 12 heavy (non-hydrogen) atoms. The van der Waals surface area contributed by atoms with E-state index in [1.54, 1.807) is 0 Å². The molecule has 1 unspecified atom stereocenters. The van der Waals surface area contributed by atoms with Gasteiger partial charge in [-0.3, -0.25) is 4.90 Å². The van der Waals surface area contributed by atoms with Gasteiger partial charge in [0, 0.05) is 12.6 Å². The van der Waals surface area contributed by atoms with Crippen molar-refractivity contribution < 1.29 is 0 Å². The second-order valence-corrected chi connectivity index (χ2v) is 4.04. The summed E-state index contributed by atoms with van der Waals surface area (Å²) in [5.41, 5.74) is 0. The predicted octanol–water partition coefficient (Wildman–Crippen LogP) is 2.02. The molecular weight excluding hydrogens is 148 g/mol. The molecule has 0 saturated heterocycles. The van der Waals surface area contributed by atoms with Gasteiger partial charge in [0.2, 0.25) is 0 Å². The highest BCUT2D eigenvalue weighted by Crippen LogP contribution is 2.30. The van der Waals surface area contributed by atoms with Crippen molar-refractivity contribution in [2.45, 2.75) is 45.7 Å². The second kappa shape index (κ2) is 3.91.